The van der Waals surface area contributed by atoms with Gasteiger partial charge in [0.1, 0.15) is 0 Å². The number of rotatable bonds is 2. The molecule has 0 bridgehead atoms. The summed E-state index contributed by atoms with van der Waals surface area (Å²) in [5, 5.41) is 4.81. The highest BCUT2D eigenvalue weighted by molar-refractivity contribution is 7.82. The fourth-order valence-corrected chi connectivity index (χ4v) is 3.24. The van der Waals surface area contributed by atoms with Gasteiger partial charge in [-0.1, -0.05) is 36.4 Å². The highest BCUT2D eigenvalue weighted by Gasteiger charge is 2.31. The minimum absolute atomic E-state index is 0.204. The summed E-state index contributed by atoms with van der Waals surface area (Å²) in [6.45, 7) is 0. The summed E-state index contributed by atoms with van der Waals surface area (Å²) in [5.41, 5.74) is 1.65. The summed E-state index contributed by atoms with van der Waals surface area (Å²) in [6, 6.07) is 18.7. The van der Waals surface area contributed by atoms with E-state index in [2.05, 4.69) is 5.32 Å². The maximum absolute atomic E-state index is 11.5. The van der Waals surface area contributed by atoms with Crippen molar-refractivity contribution in [1.82, 2.24) is 0 Å². The number of hydrogen-bond donors (Lipinski definition) is 1. The van der Waals surface area contributed by atoms with E-state index in [9.17, 15) is 8.42 Å². The van der Waals surface area contributed by atoms with Crippen LogP contribution in [0.25, 0.3) is 10.8 Å². The van der Waals surface area contributed by atoms with Gasteiger partial charge in [-0.2, -0.15) is 0 Å². The van der Waals surface area contributed by atoms with E-state index < -0.39 is 10.4 Å². The van der Waals surface area contributed by atoms with Gasteiger partial charge in [0.05, 0.1) is 11.1 Å². The van der Waals surface area contributed by atoms with Gasteiger partial charge in [0.2, 0.25) is 0 Å². The highest BCUT2D eigenvalue weighted by atomic mass is 32.3. The molecule has 0 aliphatic carbocycles. The second-order valence-electron chi connectivity index (χ2n) is 4.86. The molecular formula is C16H11NO4S. The molecule has 110 valence electrons. The summed E-state index contributed by atoms with van der Waals surface area (Å²) in [7, 11) is -4.01. The summed E-state index contributed by atoms with van der Waals surface area (Å²) < 4.78 is 32.9. The topological polar surface area (TPSA) is 64.6 Å². The molecular weight excluding hydrogens is 302 g/mol. The van der Waals surface area contributed by atoms with Gasteiger partial charge in [-0.3, -0.25) is 0 Å². The molecule has 0 spiro atoms. The third-order valence-electron chi connectivity index (χ3n) is 3.39. The molecule has 6 heteroatoms. The van der Waals surface area contributed by atoms with Crippen LogP contribution in [-0.2, 0) is 10.4 Å². The summed E-state index contributed by atoms with van der Waals surface area (Å²) >= 11 is 0. The van der Waals surface area contributed by atoms with E-state index in [1.54, 1.807) is 12.1 Å². The van der Waals surface area contributed by atoms with Crippen LogP contribution in [0.5, 0.6) is 11.5 Å². The van der Waals surface area contributed by atoms with Gasteiger partial charge in [0.15, 0.2) is 11.5 Å². The van der Waals surface area contributed by atoms with Gasteiger partial charge < -0.3 is 13.7 Å². The molecule has 0 fully saturated rings. The lowest BCUT2D eigenvalue weighted by Crippen LogP contribution is -2.08. The molecule has 4 rings (SSSR count). The molecule has 1 aliphatic heterocycles. The Morgan fingerprint density at radius 1 is 0.818 bits per heavy atom. The standard InChI is InChI=1S/C16H11NO4S/c18-22(19)20-14-10-9-11-5-4-8-13(15(11)16(14)21-22)17-12-6-2-1-3-7-12/h1-10,17H. The van der Waals surface area contributed by atoms with Gasteiger partial charge >= 0.3 is 10.4 Å². The minimum Gasteiger partial charge on any atom is -0.355 e. The average Bonchev–Trinajstić information content (AvgIpc) is 2.82. The van der Waals surface area contributed by atoms with Gasteiger partial charge in [0, 0.05) is 5.69 Å². The van der Waals surface area contributed by atoms with E-state index in [4.69, 9.17) is 8.37 Å². The Kier molecular flexibility index (Phi) is 2.74. The van der Waals surface area contributed by atoms with Crippen LogP contribution in [0.15, 0.2) is 60.7 Å². The van der Waals surface area contributed by atoms with E-state index >= 15 is 0 Å². The van der Waals surface area contributed by atoms with Gasteiger partial charge in [-0.25, -0.2) is 0 Å². The molecule has 0 saturated carbocycles. The zero-order valence-electron chi connectivity index (χ0n) is 11.3. The van der Waals surface area contributed by atoms with Crippen molar-refractivity contribution in [3.63, 3.8) is 0 Å². The first-order valence-corrected chi connectivity index (χ1v) is 7.97. The van der Waals surface area contributed by atoms with Gasteiger partial charge in [-0.15, -0.1) is 8.42 Å². The summed E-state index contributed by atoms with van der Waals surface area (Å²) in [5.74, 6) is 0.423. The van der Waals surface area contributed by atoms with Crippen molar-refractivity contribution in [2.24, 2.45) is 0 Å². The second-order valence-corrected chi connectivity index (χ2v) is 6.01. The molecule has 3 aromatic carbocycles. The number of nitrogens with one attached hydrogen (secondary N) is 1. The van der Waals surface area contributed by atoms with Gasteiger partial charge in [0.25, 0.3) is 0 Å². The Labute approximate surface area is 127 Å². The Morgan fingerprint density at radius 3 is 2.45 bits per heavy atom. The largest absolute Gasteiger partial charge is 0.501 e. The van der Waals surface area contributed by atoms with Crippen LogP contribution < -0.4 is 13.7 Å². The Morgan fingerprint density at radius 2 is 1.64 bits per heavy atom. The molecule has 22 heavy (non-hydrogen) atoms. The molecule has 0 saturated heterocycles. The lowest BCUT2D eigenvalue weighted by atomic mass is 10.1. The molecule has 0 amide bonds. The molecule has 1 heterocycles. The molecule has 0 radical (unpaired) electrons. The smallest absolute Gasteiger partial charge is 0.355 e. The van der Waals surface area contributed by atoms with E-state index in [0.29, 0.717) is 5.39 Å². The number of benzene rings is 3. The van der Waals surface area contributed by atoms with E-state index in [0.717, 1.165) is 16.8 Å². The van der Waals surface area contributed by atoms with Gasteiger partial charge in [-0.05, 0) is 29.7 Å². The Balaban J connectivity index is 1.92. The van der Waals surface area contributed by atoms with Crippen molar-refractivity contribution in [2.75, 3.05) is 5.32 Å². The van der Waals surface area contributed by atoms with Crippen LogP contribution in [0.4, 0.5) is 11.4 Å². The number of fused-ring (bicyclic) bond motifs is 3. The maximum atomic E-state index is 11.5. The zero-order chi connectivity index (χ0) is 15.2. The van der Waals surface area contributed by atoms with Crippen molar-refractivity contribution in [2.45, 2.75) is 0 Å². The molecule has 1 N–H and O–H groups in total. The summed E-state index contributed by atoms with van der Waals surface area (Å²) in [4.78, 5) is 0. The van der Waals surface area contributed by atoms with Crippen molar-refractivity contribution in [1.29, 1.82) is 0 Å². The SMILES string of the molecule is O=S1(=O)Oc2ccc3cccc(Nc4ccccc4)c3c2O1. The molecule has 3 aromatic rings. The van der Waals surface area contributed by atoms with Crippen LogP contribution >= 0.6 is 0 Å². The number of hydrogen-bond acceptors (Lipinski definition) is 5. The van der Waals surface area contributed by atoms with Crippen LogP contribution in [0, 0.1) is 0 Å². The monoisotopic (exact) mass is 313 g/mol. The lowest BCUT2D eigenvalue weighted by Gasteiger charge is -2.11. The van der Waals surface area contributed by atoms with Crippen molar-refractivity contribution in [3.8, 4) is 11.5 Å². The fraction of sp³-hybridized carbons (Fsp3) is 0. The zero-order valence-corrected chi connectivity index (χ0v) is 12.1. The minimum atomic E-state index is -4.01. The molecule has 0 aromatic heterocycles. The predicted octanol–water partition coefficient (Wildman–Crippen LogP) is 3.60. The molecule has 0 atom stereocenters. The third kappa shape index (κ3) is 2.14. The second kappa shape index (κ2) is 4.64. The van der Waals surface area contributed by atoms with Crippen LogP contribution in [0.1, 0.15) is 0 Å². The number of para-hydroxylation sites is 1. The lowest BCUT2D eigenvalue weighted by molar-refractivity contribution is 0.437. The quantitative estimate of drug-likeness (QED) is 0.783. The van der Waals surface area contributed by atoms with E-state index in [1.807, 2.05) is 48.5 Å². The first-order chi connectivity index (χ1) is 10.6. The Hall–Kier alpha value is -2.73. The van der Waals surface area contributed by atoms with E-state index in [1.165, 1.54) is 0 Å². The van der Waals surface area contributed by atoms with Crippen LogP contribution in [0.2, 0.25) is 0 Å². The molecule has 0 unspecified atom stereocenters. The normalized spacial score (nSPS) is 14.9. The van der Waals surface area contributed by atoms with Crippen molar-refractivity contribution >= 4 is 32.5 Å². The maximum Gasteiger partial charge on any atom is 0.501 e. The third-order valence-corrected chi connectivity index (χ3v) is 4.15. The summed E-state index contributed by atoms with van der Waals surface area (Å²) in [6.07, 6.45) is 0. The first kappa shape index (κ1) is 13.0. The first-order valence-electron chi connectivity index (χ1n) is 6.64. The van der Waals surface area contributed by atoms with Crippen LogP contribution in [0.3, 0.4) is 0 Å². The highest BCUT2D eigenvalue weighted by Crippen LogP contribution is 2.45. The predicted molar refractivity (Wildman–Crippen MR) is 83.8 cm³/mol. The molecule has 1 aliphatic rings. The van der Waals surface area contributed by atoms with E-state index in [-0.39, 0.29) is 11.5 Å². The van der Waals surface area contributed by atoms with Crippen molar-refractivity contribution < 1.29 is 16.8 Å². The molecule has 5 nitrogen and oxygen atoms in total. The Bertz CT molecular complexity index is 968. The average molecular weight is 313 g/mol. The van der Waals surface area contributed by atoms with Crippen molar-refractivity contribution in [3.05, 3.63) is 60.7 Å². The van der Waals surface area contributed by atoms with Crippen LogP contribution in [-0.4, -0.2) is 8.42 Å². The number of anilines is 2. The fourth-order valence-electron chi connectivity index (χ4n) is 2.49.